The number of fused-ring (bicyclic) bond motifs is 1. The van der Waals surface area contributed by atoms with Crippen LogP contribution >= 0.6 is 11.3 Å². The van der Waals surface area contributed by atoms with Crippen molar-refractivity contribution in [3.05, 3.63) is 53.0 Å². The molecule has 0 N–H and O–H groups in total. The van der Waals surface area contributed by atoms with Gasteiger partial charge in [0.15, 0.2) is 11.5 Å². The van der Waals surface area contributed by atoms with Gasteiger partial charge in [0.2, 0.25) is 0 Å². The number of para-hydroxylation sites is 1. The summed E-state index contributed by atoms with van der Waals surface area (Å²) in [5, 5.41) is 6.77. The number of ether oxygens (including phenoxy) is 2. The van der Waals surface area contributed by atoms with Crippen molar-refractivity contribution in [1.29, 1.82) is 0 Å². The highest BCUT2D eigenvalue weighted by atomic mass is 32.1. The Morgan fingerprint density at radius 2 is 2.04 bits per heavy atom. The molecule has 6 nitrogen and oxygen atoms in total. The van der Waals surface area contributed by atoms with E-state index in [0.717, 1.165) is 29.2 Å². The third kappa shape index (κ3) is 3.30. The van der Waals surface area contributed by atoms with Crippen molar-refractivity contribution in [2.75, 3.05) is 20.8 Å². The third-order valence-electron chi connectivity index (χ3n) is 4.71. The molecule has 3 heterocycles. The SMILES string of the molecule is COc1cccc(C(=O)N2CCCn3nc(-c4cccs4)cc3C2)c1OC. The summed E-state index contributed by atoms with van der Waals surface area (Å²) >= 11 is 1.67. The Morgan fingerprint density at radius 3 is 2.78 bits per heavy atom. The quantitative estimate of drug-likeness (QED) is 0.690. The zero-order chi connectivity index (χ0) is 18.8. The Bertz CT molecular complexity index is 950. The fraction of sp³-hybridized carbons (Fsp3) is 0.300. The summed E-state index contributed by atoms with van der Waals surface area (Å²) in [6.45, 7) is 2.01. The van der Waals surface area contributed by atoms with Crippen LogP contribution in [0.5, 0.6) is 11.5 Å². The second kappa shape index (κ2) is 7.44. The molecule has 0 bridgehead atoms. The van der Waals surface area contributed by atoms with Crippen LogP contribution in [0, 0.1) is 0 Å². The molecule has 0 saturated carbocycles. The van der Waals surface area contributed by atoms with Crippen LogP contribution in [-0.2, 0) is 13.1 Å². The van der Waals surface area contributed by atoms with Crippen LogP contribution in [0.3, 0.4) is 0 Å². The summed E-state index contributed by atoms with van der Waals surface area (Å²) in [4.78, 5) is 16.2. The summed E-state index contributed by atoms with van der Waals surface area (Å²) in [6, 6.07) is 11.6. The summed E-state index contributed by atoms with van der Waals surface area (Å²) in [5.74, 6) is 0.975. The van der Waals surface area contributed by atoms with Crippen LogP contribution in [0.2, 0.25) is 0 Å². The second-order valence-corrected chi connectivity index (χ2v) is 7.29. The number of aromatic nitrogens is 2. The Hall–Kier alpha value is -2.80. The number of benzene rings is 1. The van der Waals surface area contributed by atoms with Gasteiger partial charge in [-0.1, -0.05) is 12.1 Å². The first-order valence-corrected chi connectivity index (χ1v) is 9.70. The lowest BCUT2D eigenvalue weighted by atomic mass is 10.1. The Morgan fingerprint density at radius 1 is 1.15 bits per heavy atom. The smallest absolute Gasteiger partial charge is 0.258 e. The highest BCUT2D eigenvalue weighted by Gasteiger charge is 2.25. The molecule has 1 amide bonds. The summed E-state index contributed by atoms with van der Waals surface area (Å²) in [5.41, 5.74) is 2.53. The van der Waals surface area contributed by atoms with E-state index in [1.807, 2.05) is 27.1 Å². The first kappa shape index (κ1) is 17.6. The van der Waals surface area contributed by atoms with E-state index in [-0.39, 0.29) is 5.91 Å². The number of hydrogen-bond acceptors (Lipinski definition) is 5. The van der Waals surface area contributed by atoms with Crippen molar-refractivity contribution in [3.63, 3.8) is 0 Å². The van der Waals surface area contributed by atoms with Crippen LogP contribution in [0.4, 0.5) is 0 Å². The van der Waals surface area contributed by atoms with Crippen molar-refractivity contribution in [2.45, 2.75) is 19.5 Å². The van der Waals surface area contributed by atoms with Gasteiger partial charge in [0.25, 0.3) is 5.91 Å². The van der Waals surface area contributed by atoms with Crippen molar-refractivity contribution in [1.82, 2.24) is 14.7 Å². The Kier molecular flexibility index (Phi) is 4.85. The topological polar surface area (TPSA) is 56.6 Å². The number of thiophene rings is 1. The Balaban J connectivity index is 1.63. The monoisotopic (exact) mass is 383 g/mol. The Labute approximate surface area is 161 Å². The van der Waals surface area contributed by atoms with Gasteiger partial charge in [0.05, 0.1) is 36.9 Å². The normalized spacial score (nSPS) is 13.8. The molecule has 1 aliphatic heterocycles. The fourth-order valence-electron chi connectivity index (χ4n) is 3.41. The summed E-state index contributed by atoms with van der Waals surface area (Å²) in [6.07, 6.45) is 0.858. The number of nitrogens with zero attached hydrogens (tertiary/aromatic N) is 3. The molecule has 7 heteroatoms. The highest BCUT2D eigenvalue weighted by Crippen LogP contribution is 2.32. The van der Waals surface area contributed by atoms with Gasteiger partial charge in [0, 0.05) is 13.1 Å². The van der Waals surface area contributed by atoms with Gasteiger partial charge >= 0.3 is 0 Å². The number of hydrogen-bond donors (Lipinski definition) is 0. The van der Waals surface area contributed by atoms with Gasteiger partial charge in [-0.25, -0.2) is 0 Å². The number of rotatable bonds is 4. The van der Waals surface area contributed by atoms with Gasteiger partial charge in [-0.2, -0.15) is 5.10 Å². The molecule has 0 radical (unpaired) electrons. The lowest BCUT2D eigenvalue weighted by Gasteiger charge is -2.22. The molecular weight excluding hydrogens is 362 g/mol. The number of methoxy groups -OCH3 is 2. The number of aryl methyl sites for hydroxylation is 1. The van der Waals surface area contributed by atoms with Gasteiger partial charge in [-0.05, 0) is 36.1 Å². The third-order valence-corrected chi connectivity index (χ3v) is 5.60. The van der Waals surface area contributed by atoms with Gasteiger partial charge in [-0.3, -0.25) is 9.48 Å². The minimum absolute atomic E-state index is 0.0573. The van der Waals surface area contributed by atoms with E-state index in [0.29, 0.717) is 30.2 Å². The van der Waals surface area contributed by atoms with Crippen molar-refractivity contribution < 1.29 is 14.3 Å². The number of carbonyl (C=O) groups excluding carboxylic acids is 1. The molecule has 2 aromatic heterocycles. The molecule has 0 fully saturated rings. The molecule has 27 heavy (non-hydrogen) atoms. The van der Waals surface area contributed by atoms with Crippen LogP contribution in [0.15, 0.2) is 41.8 Å². The molecule has 0 aliphatic carbocycles. The molecule has 3 aromatic rings. The molecular formula is C20H21N3O3S. The van der Waals surface area contributed by atoms with Crippen molar-refractivity contribution >= 4 is 17.2 Å². The standard InChI is InChI=1S/C20H21N3O3S/c1-25-17-7-3-6-15(19(17)26-2)20(24)22-9-5-10-23-14(13-22)12-16(21-23)18-8-4-11-27-18/h3-4,6-8,11-12H,5,9-10,13H2,1-2H3. The van der Waals surface area contributed by atoms with Crippen LogP contribution < -0.4 is 9.47 Å². The second-order valence-electron chi connectivity index (χ2n) is 6.34. The van der Waals surface area contributed by atoms with E-state index < -0.39 is 0 Å². The zero-order valence-electron chi connectivity index (χ0n) is 15.3. The van der Waals surface area contributed by atoms with E-state index in [2.05, 4.69) is 12.1 Å². The summed E-state index contributed by atoms with van der Waals surface area (Å²) < 4.78 is 12.8. The van der Waals surface area contributed by atoms with Crippen LogP contribution in [-0.4, -0.2) is 41.4 Å². The van der Waals surface area contributed by atoms with E-state index >= 15 is 0 Å². The fourth-order valence-corrected chi connectivity index (χ4v) is 4.09. The van der Waals surface area contributed by atoms with E-state index in [1.54, 1.807) is 37.7 Å². The molecule has 0 unspecified atom stereocenters. The van der Waals surface area contributed by atoms with Gasteiger partial charge in [0.1, 0.15) is 5.69 Å². The average Bonchev–Trinajstić information content (AvgIpc) is 3.32. The maximum absolute atomic E-state index is 13.2. The highest BCUT2D eigenvalue weighted by molar-refractivity contribution is 7.13. The molecule has 0 atom stereocenters. The van der Waals surface area contributed by atoms with E-state index in [9.17, 15) is 4.79 Å². The van der Waals surface area contributed by atoms with Crippen LogP contribution in [0.25, 0.3) is 10.6 Å². The molecule has 0 spiro atoms. The van der Waals surface area contributed by atoms with Gasteiger partial charge < -0.3 is 14.4 Å². The van der Waals surface area contributed by atoms with Crippen LogP contribution in [0.1, 0.15) is 22.5 Å². The first-order chi connectivity index (χ1) is 13.2. The minimum Gasteiger partial charge on any atom is -0.493 e. The van der Waals surface area contributed by atoms with Crippen molar-refractivity contribution in [3.8, 4) is 22.1 Å². The zero-order valence-corrected chi connectivity index (χ0v) is 16.2. The maximum atomic E-state index is 13.2. The summed E-state index contributed by atoms with van der Waals surface area (Å²) in [7, 11) is 3.13. The predicted octanol–water partition coefficient (Wildman–Crippen LogP) is 3.67. The predicted molar refractivity (Wildman–Crippen MR) is 104 cm³/mol. The molecule has 1 aromatic carbocycles. The lowest BCUT2D eigenvalue weighted by molar-refractivity contribution is 0.0741. The van der Waals surface area contributed by atoms with E-state index in [1.165, 1.54) is 0 Å². The van der Waals surface area contributed by atoms with E-state index in [4.69, 9.17) is 14.6 Å². The first-order valence-electron chi connectivity index (χ1n) is 8.82. The average molecular weight is 383 g/mol. The lowest BCUT2D eigenvalue weighted by Crippen LogP contribution is -2.31. The number of carbonyl (C=O) groups is 1. The molecule has 1 aliphatic rings. The maximum Gasteiger partial charge on any atom is 0.258 e. The molecule has 4 rings (SSSR count). The molecule has 0 saturated heterocycles. The minimum atomic E-state index is -0.0573. The van der Waals surface area contributed by atoms with Crippen molar-refractivity contribution in [2.24, 2.45) is 0 Å². The largest absolute Gasteiger partial charge is 0.493 e. The number of amides is 1. The van der Waals surface area contributed by atoms with Gasteiger partial charge in [-0.15, -0.1) is 11.3 Å². The molecule has 140 valence electrons.